The molecule has 1 aromatic heterocycles. The van der Waals surface area contributed by atoms with Crippen molar-refractivity contribution < 1.29 is 0 Å². The number of thiazole rings is 1. The van der Waals surface area contributed by atoms with Gasteiger partial charge in [-0.2, -0.15) is 0 Å². The maximum Gasteiger partial charge on any atom is 0.183 e. The van der Waals surface area contributed by atoms with E-state index in [0.717, 1.165) is 24.6 Å². The Balaban J connectivity index is 2.15. The van der Waals surface area contributed by atoms with Gasteiger partial charge in [-0.3, -0.25) is 0 Å². The smallest absolute Gasteiger partial charge is 0.183 e. The normalized spacial score (nSPS) is 15.9. The molecular formula is C9H15N3S. The molecule has 4 heteroatoms. The van der Waals surface area contributed by atoms with E-state index < -0.39 is 0 Å². The van der Waals surface area contributed by atoms with E-state index in [2.05, 4.69) is 29.5 Å². The minimum atomic E-state index is 0.473. The summed E-state index contributed by atoms with van der Waals surface area (Å²) in [5.74, 6) is 0. The largest absolute Gasteiger partial charge is 0.359 e. The van der Waals surface area contributed by atoms with Gasteiger partial charge in [-0.1, -0.05) is 0 Å². The van der Waals surface area contributed by atoms with Gasteiger partial charge < -0.3 is 10.6 Å². The summed E-state index contributed by atoms with van der Waals surface area (Å²) in [6.45, 7) is 6.34. The van der Waals surface area contributed by atoms with Gasteiger partial charge in [-0.15, -0.1) is 11.3 Å². The molecule has 13 heavy (non-hydrogen) atoms. The Kier molecular flexibility index (Phi) is 2.51. The fraction of sp³-hybridized carbons (Fsp3) is 0.667. The third-order valence-corrected chi connectivity index (χ3v) is 3.04. The third-order valence-electron chi connectivity index (χ3n) is 2.01. The van der Waals surface area contributed by atoms with Crippen LogP contribution in [0.5, 0.6) is 0 Å². The van der Waals surface area contributed by atoms with Gasteiger partial charge in [-0.25, -0.2) is 4.98 Å². The molecule has 0 radical (unpaired) electrons. The number of nitrogens with one attached hydrogen (secondary N) is 2. The first-order valence-electron chi connectivity index (χ1n) is 4.71. The maximum atomic E-state index is 4.56. The predicted octanol–water partition coefficient (Wildman–Crippen LogP) is 1.61. The zero-order valence-corrected chi connectivity index (χ0v) is 8.87. The molecule has 0 spiro atoms. The SMILES string of the molecule is CC(C)Nc1nc2c(s1)CNCC2. The number of rotatable bonds is 2. The first kappa shape index (κ1) is 8.97. The molecule has 2 rings (SSSR count). The van der Waals surface area contributed by atoms with Crippen LogP contribution in [0.3, 0.4) is 0 Å². The van der Waals surface area contributed by atoms with Crippen LogP contribution in [0.25, 0.3) is 0 Å². The van der Waals surface area contributed by atoms with Crippen molar-refractivity contribution in [1.82, 2.24) is 10.3 Å². The monoisotopic (exact) mass is 197 g/mol. The zero-order chi connectivity index (χ0) is 9.26. The highest BCUT2D eigenvalue weighted by atomic mass is 32.1. The van der Waals surface area contributed by atoms with Crippen molar-refractivity contribution in [3.8, 4) is 0 Å². The van der Waals surface area contributed by atoms with Gasteiger partial charge in [0.2, 0.25) is 0 Å². The topological polar surface area (TPSA) is 37.0 Å². The van der Waals surface area contributed by atoms with E-state index in [1.165, 1.54) is 10.6 Å². The van der Waals surface area contributed by atoms with E-state index in [0.29, 0.717) is 6.04 Å². The van der Waals surface area contributed by atoms with Gasteiger partial charge >= 0.3 is 0 Å². The lowest BCUT2D eigenvalue weighted by Gasteiger charge is -2.09. The van der Waals surface area contributed by atoms with Gasteiger partial charge in [0.25, 0.3) is 0 Å². The molecule has 2 heterocycles. The number of anilines is 1. The second-order valence-corrected chi connectivity index (χ2v) is 4.70. The second kappa shape index (κ2) is 3.64. The highest BCUT2D eigenvalue weighted by molar-refractivity contribution is 7.15. The minimum Gasteiger partial charge on any atom is -0.359 e. The highest BCUT2D eigenvalue weighted by Gasteiger charge is 2.14. The van der Waals surface area contributed by atoms with E-state index in [4.69, 9.17) is 0 Å². The van der Waals surface area contributed by atoms with Crippen molar-refractivity contribution in [1.29, 1.82) is 0 Å². The fourth-order valence-corrected chi connectivity index (χ4v) is 2.56. The first-order valence-corrected chi connectivity index (χ1v) is 5.53. The van der Waals surface area contributed by atoms with Crippen LogP contribution in [-0.2, 0) is 13.0 Å². The van der Waals surface area contributed by atoms with Gasteiger partial charge in [-0.05, 0) is 13.8 Å². The van der Waals surface area contributed by atoms with Gasteiger partial charge in [0, 0.05) is 30.4 Å². The second-order valence-electron chi connectivity index (χ2n) is 3.61. The van der Waals surface area contributed by atoms with Crippen LogP contribution in [0.1, 0.15) is 24.4 Å². The quantitative estimate of drug-likeness (QED) is 0.756. The van der Waals surface area contributed by atoms with E-state index in [-0.39, 0.29) is 0 Å². The molecule has 2 N–H and O–H groups in total. The molecule has 0 aliphatic carbocycles. The summed E-state index contributed by atoms with van der Waals surface area (Å²) in [5.41, 5.74) is 1.28. The van der Waals surface area contributed by atoms with Crippen LogP contribution in [0, 0.1) is 0 Å². The van der Waals surface area contributed by atoms with Crippen LogP contribution < -0.4 is 10.6 Å². The molecule has 0 saturated carbocycles. The molecule has 1 aliphatic rings. The van der Waals surface area contributed by atoms with Crippen LogP contribution in [0.4, 0.5) is 5.13 Å². The molecule has 72 valence electrons. The molecule has 0 unspecified atom stereocenters. The van der Waals surface area contributed by atoms with E-state index >= 15 is 0 Å². The molecule has 0 bridgehead atoms. The lowest BCUT2D eigenvalue weighted by molar-refractivity contribution is 0.644. The summed E-state index contributed by atoms with van der Waals surface area (Å²) in [6.07, 6.45) is 1.08. The lowest BCUT2D eigenvalue weighted by Crippen LogP contribution is -2.22. The van der Waals surface area contributed by atoms with Gasteiger partial charge in [0.15, 0.2) is 5.13 Å². The Morgan fingerprint density at radius 3 is 3.08 bits per heavy atom. The summed E-state index contributed by atoms with van der Waals surface area (Å²) in [4.78, 5) is 5.96. The Hall–Kier alpha value is -0.610. The van der Waals surface area contributed by atoms with Crippen molar-refractivity contribution in [2.24, 2.45) is 0 Å². The number of hydrogen-bond acceptors (Lipinski definition) is 4. The molecular weight excluding hydrogens is 182 g/mol. The van der Waals surface area contributed by atoms with Crippen molar-refractivity contribution in [2.45, 2.75) is 32.9 Å². The summed E-state index contributed by atoms with van der Waals surface area (Å²) >= 11 is 1.78. The molecule has 1 aromatic rings. The van der Waals surface area contributed by atoms with Crippen LogP contribution >= 0.6 is 11.3 Å². The number of aromatic nitrogens is 1. The van der Waals surface area contributed by atoms with Gasteiger partial charge in [0.1, 0.15) is 0 Å². The average Bonchev–Trinajstić information content (AvgIpc) is 2.44. The predicted molar refractivity (Wildman–Crippen MR) is 56.3 cm³/mol. The summed E-state index contributed by atoms with van der Waals surface area (Å²) in [7, 11) is 0. The zero-order valence-electron chi connectivity index (χ0n) is 8.05. The minimum absolute atomic E-state index is 0.473. The summed E-state index contributed by atoms with van der Waals surface area (Å²) in [6, 6.07) is 0.473. The molecule has 1 aliphatic heterocycles. The first-order chi connectivity index (χ1) is 6.25. The van der Waals surface area contributed by atoms with E-state index in [1.807, 2.05) is 0 Å². The molecule has 0 aromatic carbocycles. The summed E-state index contributed by atoms with van der Waals surface area (Å²) in [5, 5.41) is 7.76. The van der Waals surface area contributed by atoms with Crippen molar-refractivity contribution in [3.63, 3.8) is 0 Å². The van der Waals surface area contributed by atoms with Gasteiger partial charge in [0.05, 0.1) is 5.69 Å². The number of fused-ring (bicyclic) bond motifs is 1. The van der Waals surface area contributed by atoms with Crippen molar-refractivity contribution in [2.75, 3.05) is 11.9 Å². The number of nitrogens with zero attached hydrogens (tertiary/aromatic N) is 1. The van der Waals surface area contributed by atoms with Crippen LogP contribution in [0.2, 0.25) is 0 Å². The molecule has 0 fully saturated rings. The highest BCUT2D eigenvalue weighted by Crippen LogP contribution is 2.25. The van der Waals surface area contributed by atoms with E-state index in [9.17, 15) is 0 Å². The summed E-state index contributed by atoms with van der Waals surface area (Å²) < 4.78 is 0. The Labute approximate surface area is 82.6 Å². The standard InChI is InChI=1S/C9H15N3S/c1-6(2)11-9-12-7-3-4-10-5-8(7)13-9/h6,10H,3-5H2,1-2H3,(H,11,12). The Morgan fingerprint density at radius 2 is 2.38 bits per heavy atom. The van der Waals surface area contributed by atoms with Crippen molar-refractivity contribution >= 4 is 16.5 Å². The molecule has 0 atom stereocenters. The molecule has 0 saturated heterocycles. The molecule has 0 amide bonds. The van der Waals surface area contributed by atoms with E-state index in [1.54, 1.807) is 11.3 Å². The lowest BCUT2D eigenvalue weighted by atomic mass is 10.2. The maximum absolute atomic E-state index is 4.56. The number of hydrogen-bond donors (Lipinski definition) is 2. The van der Waals surface area contributed by atoms with Crippen molar-refractivity contribution in [3.05, 3.63) is 10.6 Å². The Morgan fingerprint density at radius 1 is 1.54 bits per heavy atom. The average molecular weight is 197 g/mol. The fourth-order valence-electron chi connectivity index (χ4n) is 1.43. The van der Waals surface area contributed by atoms with Crippen LogP contribution in [-0.4, -0.2) is 17.6 Å². The Bertz CT molecular complexity index is 270. The third kappa shape index (κ3) is 2.00. The van der Waals surface area contributed by atoms with Crippen LogP contribution in [0.15, 0.2) is 0 Å². The molecule has 3 nitrogen and oxygen atoms in total.